The fourth-order valence-corrected chi connectivity index (χ4v) is 4.04. The molecule has 4 amide bonds. The van der Waals surface area contributed by atoms with Crippen molar-refractivity contribution >= 4 is 35.4 Å². The van der Waals surface area contributed by atoms with Crippen LogP contribution >= 0.6 is 11.6 Å². The molecule has 33 heavy (non-hydrogen) atoms. The Balaban J connectivity index is 2.45. The average molecular weight is 483 g/mol. The summed E-state index contributed by atoms with van der Waals surface area (Å²) in [4.78, 5) is 53.2. The maximum atomic E-state index is 13.8. The predicted octanol–water partition coefficient (Wildman–Crippen LogP) is 1.92. The van der Waals surface area contributed by atoms with E-state index in [0.717, 1.165) is 4.90 Å². The summed E-state index contributed by atoms with van der Waals surface area (Å²) in [6, 6.07) is 5.39. The van der Waals surface area contributed by atoms with E-state index in [4.69, 9.17) is 11.6 Å². The van der Waals surface area contributed by atoms with Crippen molar-refractivity contribution in [3.05, 3.63) is 34.9 Å². The first-order chi connectivity index (χ1) is 15.6. The molecule has 182 valence electrons. The van der Waals surface area contributed by atoms with Crippen LogP contribution in [0.2, 0.25) is 5.02 Å². The van der Waals surface area contributed by atoms with Crippen LogP contribution in [0.5, 0.6) is 0 Å². The molecule has 0 aliphatic carbocycles. The number of carboxylic acid groups (broad SMARTS) is 1. The molecule has 2 rings (SSSR count). The van der Waals surface area contributed by atoms with Crippen LogP contribution in [-0.4, -0.2) is 76.1 Å². The quantitative estimate of drug-likeness (QED) is 0.329. The number of nitrogens with one attached hydrogen (secondary N) is 2. The SMILES string of the molecule is CCC(C(=O)NO)C(C(=O)N1CCN(C(=O)O)CC1C(=O)NCC(C)C)c1ccc(Cl)cc1. The lowest BCUT2D eigenvalue weighted by Gasteiger charge is -2.41. The maximum Gasteiger partial charge on any atom is 0.407 e. The van der Waals surface area contributed by atoms with Crippen LogP contribution < -0.4 is 10.8 Å². The zero-order valence-electron chi connectivity index (χ0n) is 19.0. The second-order valence-electron chi connectivity index (χ2n) is 8.44. The molecule has 10 nitrogen and oxygen atoms in total. The number of amides is 4. The highest BCUT2D eigenvalue weighted by molar-refractivity contribution is 6.30. The second-order valence-corrected chi connectivity index (χ2v) is 8.87. The zero-order valence-corrected chi connectivity index (χ0v) is 19.7. The van der Waals surface area contributed by atoms with E-state index < -0.39 is 41.7 Å². The Kier molecular flexibility index (Phi) is 9.48. The van der Waals surface area contributed by atoms with E-state index in [1.54, 1.807) is 36.7 Å². The third kappa shape index (κ3) is 6.58. The number of benzene rings is 1. The Hall–Kier alpha value is -2.85. The minimum Gasteiger partial charge on any atom is -0.465 e. The van der Waals surface area contributed by atoms with Gasteiger partial charge in [-0.25, -0.2) is 10.3 Å². The summed E-state index contributed by atoms with van der Waals surface area (Å²) in [7, 11) is 0. The van der Waals surface area contributed by atoms with Crippen molar-refractivity contribution in [3.63, 3.8) is 0 Å². The van der Waals surface area contributed by atoms with Crippen molar-refractivity contribution in [3.8, 4) is 0 Å². The van der Waals surface area contributed by atoms with Gasteiger partial charge in [0, 0.05) is 24.7 Å². The number of hydrogen-bond donors (Lipinski definition) is 4. The Morgan fingerprint density at radius 1 is 1.15 bits per heavy atom. The Labute approximate surface area is 197 Å². The van der Waals surface area contributed by atoms with E-state index in [2.05, 4.69) is 5.32 Å². The van der Waals surface area contributed by atoms with Crippen molar-refractivity contribution in [1.82, 2.24) is 20.6 Å². The number of nitrogens with zero attached hydrogens (tertiary/aromatic N) is 2. The van der Waals surface area contributed by atoms with Gasteiger partial charge in [-0.1, -0.05) is 44.5 Å². The van der Waals surface area contributed by atoms with Crippen LogP contribution in [0, 0.1) is 11.8 Å². The number of hydroxylamine groups is 1. The molecule has 1 saturated heterocycles. The van der Waals surface area contributed by atoms with Gasteiger partial charge in [0.05, 0.1) is 18.4 Å². The molecule has 0 aromatic heterocycles. The molecule has 0 spiro atoms. The molecule has 0 radical (unpaired) electrons. The summed E-state index contributed by atoms with van der Waals surface area (Å²) in [6.45, 7) is 5.77. The largest absolute Gasteiger partial charge is 0.465 e. The van der Waals surface area contributed by atoms with Gasteiger partial charge >= 0.3 is 6.09 Å². The normalized spacial score (nSPS) is 17.9. The van der Waals surface area contributed by atoms with E-state index in [1.165, 1.54) is 4.90 Å². The van der Waals surface area contributed by atoms with Crippen molar-refractivity contribution in [2.45, 2.75) is 39.2 Å². The van der Waals surface area contributed by atoms with Crippen LogP contribution in [-0.2, 0) is 14.4 Å². The molecule has 1 heterocycles. The Morgan fingerprint density at radius 2 is 1.79 bits per heavy atom. The second kappa shape index (κ2) is 11.9. The zero-order chi connectivity index (χ0) is 24.7. The Bertz CT molecular complexity index is 863. The molecule has 1 aliphatic rings. The van der Waals surface area contributed by atoms with E-state index in [9.17, 15) is 29.5 Å². The Morgan fingerprint density at radius 3 is 2.30 bits per heavy atom. The molecule has 3 atom stereocenters. The van der Waals surface area contributed by atoms with Crippen LogP contribution in [0.15, 0.2) is 24.3 Å². The van der Waals surface area contributed by atoms with Gasteiger partial charge in [0.25, 0.3) is 0 Å². The molecular formula is C22H31ClN4O6. The highest BCUT2D eigenvalue weighted by Crippen LogP contribution is 2.32. The summed E-state index contributed by atoms with van der Waals surface area (Å²) in [6.07, 6.45) is -0.936. The lowest BCUT2D eigenvalue weighted by atomic mass is 9.82. The van der Waals surface area contributed by atoms with Crippen LogP contribution in [0.25, 0.3) is 0 Å². The van der Waals surface area contributed by atoms with Crippen molar-refractivity contribution in [2.24, 2.45) is 11.8 Å². The standard InChI is InChI=1S/C22H31ClN4O6/c1-4-16(19(28)25-33)18(14-5-7-15(23)8-6-14)21(30)27-10-9-26(22(31)32)12-17(27)20(29)24-11-13(2)3/h5-8,13,16-18,33H,4,9-12H2,1-3H3,(H,24,29)(H,25,28)(H,31,32). The van der Waals surface area contributed by atoms with E-state index in [1.807, 2.05) is 13.8 Å². The molecule has 0 bridgehead atoms. The third-order valence-corrected chi connectivity index (χ3v) is 5.96. The molecule has 11 heteroatoms. The van der Waals surface area contributed by atoms with Gasteiger partial charge in [0.2, 0.25) is 17.7 Å². The third-order valence-electron chi connectivity index (χ3n) is 5.71. The molecule has 1 fully saturated rings. The molecule has 1 aliphatic heterocycles. The van der Waals surface area contributed by atoms with Gasteiger partial charge in [-0.05, 0) is 30.0 Å². The average Bonchev–Trinajstić information content (AvgIpc) is 2.80. The van der Waals surface area contributed by atoms with Crippen LogP contribution in [0.3, 0.4) is 0 Å². The van der Waals surface area contributed by atoms with Gasteiger partial charge in [0.1, 0.15) is 6.04 Å². The fourth-order valence-electron chi connectivity index (χ4n) is 3.92. The van der Waals surface area contributed by atoms with Gasteiger partial charge in [0.15, 0.2) is 0 Å². The lowest BCUT2D eigenvalue weighted by Crippen LogP contribution is -2.62. The summed E-state index contributed by atoms with van der Waals surface area (Å²) in [5.74, 6) is -3.44. The fraction of sp³-hybridized carbons (Fsp3) is 0.545. The van der Waals surface area contributed by atoms with Crippen molar-refractivity contribution in [2.75, 3.05) is 26.2 Å². The van der Waals surface area contributed by atoms with E-state index in [0.29, 0.717) is 17.1 Å². The van der Waals surface area contributed by atoms with Crippen molar-refractivity contribution < 1.29 is 29.5 Å². The number of halogens is 1. The first-order valence-corrected chi connectivity index (χ1v) is 11.2. The highest BCUT2D eigenvalue weighted by atomic mass is 35.5. The molecular weight excluding hydrogens is 452 g/mol. The number of rotatable bonds is 8. The molecule has 1 aromatic carbocycles. The first kappa shape index (κ1) is 26.4. The summed E-state index contributed by atoms with van der Waals surface area (Å²) < 4.78 is 0. The first-order valence-electron chi connectivity index (χ1n) is 10.9. The molecule has 4 N–H and O–H groups in total. The molecule has 1 aromatic rings. The number of carbonyl (C=O) groups is 4. The summed E-state index contributed by atoms with van der Waals surface area (Å²) >= 11 is 5.99. The minimum atomic E-state index is -1.18. The van der Waals surface area contributed by atoms with Gasteiger partial charge in [-0.3, -0.25) is 19.6 Å². The monoisotopic (exact) mass is 482 g/mol. The maximum absolute atomic E-state index is 13.8. The minimum absolute atomic E-state index is 0.00777. The smallest absolute Gasteiger partial charge is 0.407 e. The predicted molar refractivity (Wildman–Crippen MR) is 121 cm³/mol. The number of hydrogen-bond acceptors (Lipinski definition) is 5. The van der Waals surface area contributed by atoms with E-state index >= 15 is 0 Å². The van der Waals surface area contributed by atoms with Crippen molar-refractivity contribution in [1.29, 1.82) is 0 Å². The topological polar surface area (TPSA) is 139 Å². The van der Waals surface area contributed by atoms with Gasteiger partial charge < -0.3 is 20.2 Å². The lowest BCUT2D eigenvalue weighted by molar-refractivity contribution is -0.148. The highest BCUT2D eigenvalue weighted by Gasteiger charge is 2.43. The number of carbonyl (C=O) groups excluding carboxylic acids is 3. The molecule has 0 saturated carbocycles. The summed E-state index contributed by atoms with van der Waals surface area (Å²) in [5, 5.41) is 21.9. The van der Waals surface area contributed by atoms with Crippen LogP contribution in [0.4, 0.5) is 4.79 Å². The van der Waals surface area contributed by atoms with Gasteiger partial charge in [-0.2, -0.15) is 0 Å². The number of piperazine rings is 1. The summed E-state index contributed by atoms with van der Waals surface area (Å²) in [5.41, 5.74) is 2.12. The van der Waals surface area contributed by atoms with Crippen LogP contribution in [0.1, 0.15) is 38.7 Å². The molecule has 3 unspecified atom stereocenters. The van der Waals surface area contributed by atoms with E-state index in [-0.39, 0.29) is 32.0 Å². The van der Waals surface area contributed by atoms with Gasteiger partial charge in [-0.15, -0.1) is 0 Å².